The van der Waals surface area contributed by atoms with Gasteiger partial charge in [0.1, 0.15) is 5.78 Å². The normalized spacial score (nSPS) is 43.3. The average molecular weight is 371 g/mol. The lowest BCUT2D eigenvalue weighted by atomic mass is 9.51. The molecule has 2 fully saturated rings. The van der Waals surface area contributed by atoms with Crippen molar-refractivity contribution < 1.29 is 14.7 Å². The fourth-order valence-corrected chi connectivity index (χ4v) is 7.32. The quantitative estimate of drug-likeness (QED) is 0.733. The van der Waals surface area contributed by atoms with E-state index in [1.165, 1.54) is 5.57 Å². The van der Waals surface area contributed by atoms with Crippen molar-refractivity contribution in [1.29, 1.82) is 0 Å². The minimum absolute atomic E-state index is 0.0577. The third-order valence-electron chi connectivity index (χ3n) is 8.60. The van der Waals surface area contributed by atoms with Crippen molar-refractivity contribution >= 4 is 11.6 Å². The minimum Gasteiger partial charge on any atom is -0.396 e. The fourth-order valence-electron chi connectivity index (χ4n) is 7.32. The maximum Gasteiger partial charge on any atom is 0.155 e. The van der Waals surface area contributed by atoms with Crippen LogP contribution in [0.5, 0.6) is 0 Å². The monoisotopic (exact) mass is 370 g/mol. The van der Waals surface area contributed by atoms with Gasteiger partial charge < -0.3 is 5.11 Å². The van der Waals surface area contributed by atoms with Crippen LogP contribution >= 0.6 is 0 Å². The van der Waals surface area contributed by atoms with E-state index < -0.39 is 0 Å². The van der Waals surface area contributed by atoms with Crippen LogP contribution in [0, 0.1) is 34.5 Å². The van der Waals surface area contributed by atoms with Crippen molar-refractivity contribution in [3.63, 3.8) is 0 Å². The maximum atomic E-state index is 13.0. The van der Waals surface area contributed by atoms with Gasteiger partial charge in [0.15, 0.2) is 5.78 Å². The van der Waals surface area contributed by atoms with Gasteiger partial charge in [0.05, 0.1) is 0 Å². The summed E-state index contributed by atoms with van der Waals surface area (Å²) in [7, 11) is 0. The van der Waals surface area contributed by atoms with Gasteiger partial charge in [0.2, 0.25) is 0 Å². The number of hydrogen-bond acceptors (Lipinski definition) is 3. The van der Waals surface area contributed by atoms with Crippen molar-refractivity contribution in [2.24, 2.45) is 34.5 Å². The zero-order chi connectivity index (χ0) is 19.4. The van der Waals surface area contributed by atoms with E-state index in [-0.39, 0.29) is 23.4 Å². The topological polar surface area (TPSA) is 54.4 Å². The number of aliphatic hydroxyl groups excluding tert-OH is 1. The largest absolute Gasteiger partial charge is 0.396 e. The lowest BCUT2D eigenvalue weighted by Gasteiger charge is -2.53. The van der Waals surface area contributed by atoms with Gasteiger partial charge in [-0.15, -0.1) is 0 Å². The highest BCUT2D eigenvalue weighted by atomic mass is 16.3. The molecule has 0 aromatic heterocycles. The number of Topliss-reactive ketones (excluding diaryl/α,β-unsaturated/α-hetero) is 1. The molecule has 4 rings (SSSR count). The SMILES string of the molecule is C[C@@H]1C[C@H]2[C@@H]3CCC4=CC(=O)CC[C@]4(C)C3=CC[C@]2(C)[C@H]1C(=O)CCCO. The Labute approximate surface area is 163 Å². The molecule has 0 heterocycles. The first-order valence-electron chi connectivity index (χ1n) is 10.9. The van der Waals surface area contributed by atoms with Gasteiger partial charge in [-0.3, -0.25) is 9.59 Å². The molecule has 2 saturated carbocycles. The Bertz CT molecular complexity index is 717. The molecule has 0 amide bonds. The van der Waals surface area contributed by atoms with E-state index in [2.05, 4.69) is 26.8 Å². The van der Waals surface area contributed by atoms with E-state index in [1.54, 1.807) is 5.57 Å². The molecule has 0 radical (unpaired) electrons. The van der Waals surface area contributed by atoms with Crippen LogP contribution in [0.3, 0.4) is 0 Å². The first-order valence-corrected chi connectivity index (χ1v) is 10.9. The Balaban J connectivity index is 1.67. The van der Waals surface area contributed by atoms with Crippen LogP contribution in [0.15, 0.2) is 23.3 Å². The number of carbonyl (C=O) groups is 2. The molecule has 1 N–H and O–H groups in total. The molecule has 4 aliphatic rings. The van der Waals surface area contributed by atoms with Crippen molar-refractivity contribution in [1.82, 2.24) is 0 Å². The summed E-state index contributed by atoms with van der Waals surface area (Å²) in [6.45, 7) is 7.08. The second-order valence-electron chi connectivity index (χ2n) is 10.1. The molecule has 27 heavy (non-hydrogen) atoms. The summed E-state index contributed by atoms with van der Waals surface area (Å²) in [4.78, 5) is 24.9. The molecule has 3 heteroatoms. The molecule has 6 atom stereocenters. The number of rotatable bonds is 4. The molecular weight excluding hydrogens is 336 g/mol. The van der Waals surface area contributed by atoms with E-state index in [9.17, 15) is 9.59 Å². The zero-order valence-corrected chi connectivity index (χ0v) is 17.1. The lowest BCUT2D eigenvalue weighted by Crippen LogP contribution is -2.45. The van der Waals surface area contributed by atoms with E-state index in [0.717, 1.165) is 32.1 Å². The molecule has 0 saturated heterocycles. The van der Waals surface area contributed by atoms with Crippen LogP contribution in [0.25, 0.3) is 0 Å². The van der Waals surface area contributed by atoms with Gasteiger partial charge in [-0.05, 0) is 67.8 Å². The zero-order valence-electron chi connectivity index (χ0n) is 17.1. The minimum atomic E-state index is 0.0577. The van der Waals surface area contributed by atoms with Crippen molar-refractivity contribution in [3.8, 4) is 0 Å². The Morgan fingerprint density at radius 1 is 1.30 bits per heavy atom. The highest BCUT2D eigenvalue weighted by Crippen LogP contribution is 2.65. The van der Waals surface area contributed by atoms with Gasteiger partial charge in [-0.1, -0.05) is 38.0 Å². The van der Waals surface area contributed by atoms with Gasteiger partial charge in [0, 0.05) is 30.8 Å². The summed E-state index contributed by atoms with van der Waals surface area (Å²) in [5.74, 6) is 2.36. The number of ketones is 2. The fraction of sp³-hybridized carbons (Fsp3) is 0.750. The van der Waals surface area contributed by atoms with Crippen molar-refractivity contribution in [3.05, 3.63) is 23.3 Å². The third kappa shape index (κ3) is 2.80. The van der Waals surface area contributed by atoms with Gasteiger partial charge in [0.25, 0.3) is 0 Å². The summed E-state index contributed by atoms with van der Waals surface area (Å²) in [5, 5.41) is 9.14. The van der Waals surface area contributed by atoms with Crippen LogP contribution in [-0.4, -0.2) is 23.3 Å². The third-order valence-corrected chi connectivity index (χ3v) is 8.60. The summed E-state index contributed by atoms with van der Waals surface area (Å²) in [6.07, 6.45) is 11.4. The van der Waals surface area contributed by atoms with Gasteiger partial charge in [-0.25, -0.2) is 0 Å². The summed E-state index contributed by atoms with van der Waals surface area (Å²) in [5.41, 5.74) is 3.06. The second kappa shape index (κ2) is 6.69. The second-order valence-corrected chi connectivity index (χ2v) is 10.1. The maximum absolute atomic E-state index is 13.0. The summed E-state index contributed by atoms with van der Waals surface area (Å²) >= 11 is 0. The van der Waals surface area contributed by atoms with Crippen molar-refractivity contribution in [2.45, 2.75) is 72.1 Å². The van der Waals surface area contributed by atoms with Crippen LogP contribution in [-0.2, 0) is 9.59 Å². The molecule has 0 aromatic rings. The van der Waals surface area contributed by atoms with Crippen LogP contribution in [0.2, 0.25) is 0 Å². The Morgan fingerprint density at radius 3 is 2.81 bits per heavy atom. The molecular formula is C24H34O3. The average Bonchev–Trinajstić information content (AvgIpc) is 2.90. The van der Waals surface area contributed by atoms with E-state index in [1.807, 2.05) is 6.08 Å². The first-order chi connectivity index (χ1) is 12.8. The molecule has 0 aliphatic heterocycles. The predicted molar refractivity (Wildman–Crippen MR) is 106 cm³/mol. The summed E-state index contributed by atoms with van der Waals surface area (Å²) in [6, 6.07) is 0. The molecule has 0 bridgehead atoms. The molecule has 4 aliphatic carbocycles. The number of carbonyl (C=O) groups excluding carboxylic acids is 2. The van der Waals surface area contributed by atoms with E-state index in [0.29, 0.717) is 48.6 Å². The highest BCUT2D eigenvalue weighted by molar-refractivity contribution is 5.92. The Morgan fingerprint density at radius 2 is 2.07 bits per heavy atom. The standard InChI is InChI=1S/C24H34O3/c1-15-13-20-18-7-6-16-14-17(26)8-10-23(16,2)19(18)9-11-24(20,3)22(15)21(27)5-4-12-25/h9,14-15,18,20,22,25H,4-8,10-13H2,1-3H3/t15-,18-,20+,22-,23+,24+/m1/s1. The lowest BCUT2D eigenvalue weighted by molar-refractivity contribution is -0.128. The predicted octanol–water partition coefficient (Wildman–Crippen LogP) is 4.64. The van der Waals surface area contributed by atoms with Gasteiger partial charge >= 0.3 is 0 Å². The van der Waals surface area contributed by atoms with Crippen molar-refractivity contribution in [2.75, 3.05) is 6.61 Å². The first kappa shape index (κ1) is 19.1. The smallest absolute Gasteiger partial charge is 0.155 e. The highest BCUT2D eigenvalue weighted by Gasteiger charge is 2.59. The Kier molecular flexibility index (Phi) is 4.73. The van der Waals surface area contributed by atoms with Crippen LogP contribution in [0.1, 0.15) is 72.1 Å². The molecule has 148 valence electrons. The number of allylic oxidation sites excluding steroid dienone is 4. The number of aliphatic hydroxyl groups is 1. The molecule has 3 nitrogen and oxygen atoms in total. The molecule has 0 unspecified atom stereocenters. The van der Waals surface area contributed by atoms with E-state index >= 15 is 0 Å². The number of hydrogen-bond donors (Lipinski definition) is 1. The van der Waals surface area contributed by atoms with Crippen LogP contribution in [0.4, 0.5) is 0 Å². The van der Waals surface area contributed by atoms with Gasteiger partial charge in [-0.2, -0.15) is 0 Å². The molecule has 0 aromatic carbocycles. The van der Waals surface area contributed by atoms with Crippen LogP contribution < -0.4 is 0 Å². The Hall–Kier alpha value is -1.22. The summed E-state index contributed by atoms with van der Waals surface area (Å²) < 4.78 is 0. The van der Waals surface area contributed by atoms with E-state index in [4.69, 9.17) is 5.11 Å². The molecule has 0 spiro atoms. The number of fused-ring (bicyclic) bond motifs is 5.